The van der Waals surface area contributed by atoms with Crippen molar-refractivity contribution in [1.29, 1.82) is 0 Å². The van der Waals surface area contributed by atoms with Gasteiger partial charge in [0.15, 0.2) is 0 Å². The van der Waals surface area contributed by atoms with Crippen LogP contribution in [0.1, 0.15) is 42.4 Å². The van der Waals surface area contributed by atoms with E-state index in [4.69, 9.17) is 11.6 Å². The topological polar surface area (TPSA) is 54.3 Å². The van der Waals surface area contributed by atoms with Crippen LogP contribution in [0.4, 0.5) is 5.69 Å². The summed E-state index contributed by atoms with van der Waals surface area (Å²) in [7, 11) is 2.06. The number of hydrogen-bond donors (Lipinski definition) is 2. The van der Waals surface area contributed by atoms with Gasteiger partial charge in [-0.15, -0.1) is 0 Å². The molecule has 2 N–H and O–H groups in total. The van der Waals surface area contributed by atoms with Crippen LogP contribution < -0.4 is 5.32 Å². The number of nitrogens with zero attached hydrogens (tertiary/aromatic N) is 1. The maximum absolute atomic E-state index is 12.6. The monoisotopic (exact) mass is 482 g/mol. The Kier molecular flexibility index (Phi) is 5.05. The van der Waals surface area contributed by atoms with Crippen molar-refractivity contribution < 1.29 is 9.90 Å². The second-order valence-electron chi connectivity index (χ2n) is 9.95. The summed E-state index contributed by atoms with van der Waals surface area (Å²) in [6.07, 6.45) is 6.95. The van der Waals surface area contributed by atoms with Gasteiger partial charge in [0.2, 0.25) is 0 Å². The maximum atomic E-state index is 12.6. The SMILES string of the molecule is Cn1ccc2cc(C3=Cc4ccccc4C34CCC(Nc3cccc(Cl)c3)(C(=O)O)CC4)ccc21. The van der Waals surface area contributed by atoms with Crippen molar-refractivity contribution in [3.05, 3.63) is 101 Å². The lowest BCUT2D eigenvalue weighted by Crippen LogP contribution is -2.52. The Balaban J connectivity index is 1.39. The molecule has 35 heavy (non-hydrogen) atoms. The number of carboxylic acid groups (broad SMARTS) is 1. The summed E-state index contributed by atoms with van der Waals surface area (Å²) in [5.74, 6) is -0.810. The van der Waals surface area contributed by atoms with Crippen molar-refractivity contribution in [3.8, 4) is 0 Å². The normalized spacial score (nSPS) is 23.3. The van der Waals surface area contributed by atoms with Gasteiger partial charge in [0.25, 0.3) is 0 Å². The Bertz CT molecular complexity index is 1490. The second kappa shape index (κ2) is 8.03. The van der Waals surface area contributed by atoms with Crippen LogP contribution in [0, 0.1) is 0 Å². The predicted octanol–water partition coefficient (Wildman–Crippen LogP) is 7.13. The maximum Gasteiger partial charge on any atom is 0.329 e. The van der Waals surface area contributed by atoms with E-state index in [-0.39, 0.29) is 5.41 Å². The number of carbonyl (C=O) groups is 1. The van der Waals surface area contributed by atoms with Gasteiger partial charge in [-0.25, -0.2) is 4.79 Å². The average Bonchev–Trinajstić information content (AvgIpc) is 3.38. The average molecular weight is 483 g/mol. The Labute approximate surface area is 209 Å². The van der Waals surface area contributed by atoms with E-state index in [1.165, 1.54) is 33.2 Å². The molecular weight excluding hydrogens is 456 g/mol. The van der Waals surface area contributed by atoms with Gasteiger partial charge in [-0.05, 0) is 90.4 Å². The zero-order chi connectivity index (χ0) is 24.2. The lowest BCUT2D eigenvalue weighted by atomic mass is 9.61. The molecule has 1 spiro atoms. The molecule has 0 aliphatic heterocycles. The largest absolute Gasteiger partial charge is 0.480 e. The molecule has 176 valence electrons. The molecule has 0 radical (unpaired) electrons. The van der Waals surface area contributed by atoms with Gasteiger partial charge in [-0.3, -0.25) is 0 Å². The molecule has 0 unspecified atom stereocenters. The highest BCUT2D eigenvalue weighted by molar-refractivity contribution is 6.30. The Hall–Kier alpha value is -3.50. The van der Waals surface area contributed by atoms with Crippen molar-refractivity contribution >= 4 is 45.8 Å². The van der Waals surface area contributed by atoms with Crippen molar-refractivity contribution in [1.82, 2.24) is 4.57 Å². The van der Waals surface area contributed by atoms with E-state index in [0.717, 1.165) is 18.5 Å². The highest BCUT2D eigenvalue weighted by Gasteiger charge is 2.51. The van der Waals surface area contributed by atoms with Gasteiger partial charge >= 0.3 is 5.97 Å². The standard InChI is InChI=1S/C30H27ClN2O2/c1-33-16-11-22-17-21(9-10-27(22)33)26-18-20-5-2-3-8-25(20)29(26)12-14-30(15-13-29,28(34)35)32-24-7-4-6-23(31)19-24/h2-11,16-19,32H,12-15H2,1H3,(H,34,35). The molecule has 2 aliphatic carbocycles. The van der Waals surface area contributed by atoms with Gasteiger partial charge in [-0.1, -0.05) is 48.0 Å². The number of rotatable bonds is 4. The summed E-state index contributed by atoms with van der Waals surface area (Å²) < 4.78 is 2.13. The number of aromatic nitrogens is 1. The fourth-order valence-corrected chi connectivity index (χ4v) is 6.37. The predicted molar refractivity (Wildman–Crippen MR) is 143 cm³/mol. The van der Waals surface area contributed by atoms with E-state index in [1.54, 1.807) is 12.1 Å². The van der Waals surface area contributed by atoms with Crippen LogP contribution in [0.5, 0.6) is 0 Å². The van der Waals surface area contributed by atoms with Crippen LogP contribution in [0.3, 0.4) is 0 Å². The van der Waals surface area contributed by atoms with E-state index < -0.39 is 11.5 Å². The summed E-state index contributed by atoms with van der Waals surface area (Å²) in [6.45, 7) is 0. The number of carboxylic acids is 1. The molecular formula is C30H27ClN2O2. The summed E-state index contributed by atoms with van der Waals surface area (Å²) >= 11 is 6.18. The first-order chi connectivity index (χ1) is 16.9. The summed E-state index contributed by atoms with van der Waals surface area (Å²) in [5.41, 5.74) is 5.78. The van der Waals surface area contributed by atoms with Gasteiger partial charge in [0.05, 0.1) is 0 Å². The van der Waals surface area contributed by atoms with Crippen LogP contribution in [0.15, 0.2) is 79.0 Å². The molecule has 1 saturated carbocycles. The van der Waals surface area contributed by atoms with E-state index in [1.807, 2.05) is 12.1 Å². The molecule has 1 fully saturated rings. The van der Waals surface area contributed by atoms with Gasteiger partial charge in [0, 0.05) is 40.3 Å². The van der Waals surface area contributed by atoms with Gasteiger partial charge in [0.1, 0.15) is 5.54 Å². The van der Waals surface area contributed by atoms with Crippen molar-refractivity contribution in [2.75, 3.05) is 5.32 Å². The van der Waals surface area contributed by atoms with Crippen molar-refractivity contribution in [2.24, 2.45) is 7.05 Å². The smallest absolute Gasteiger partial charge is 0.329 e. The van der Waals surface area contributed by atoms with Gasteiger partial charge in [-0.2, -0.15) is 0 Å². The number of fused-ring (bicyclic) bond motifs is 3. The fraction of sp³-hybridized carbons (Fsp3) is 0.233. The van der Waals surface area contributed by atoms with E-state index in [0.29, 0.717) is 17.9 Å². The Morgan fingerprint density at radius 2 is 1.77 bits per heavy atom. The van der Waals surface area contributed by atoms with Gasteiger partial charge < -0.3 is 15.0 Å². The Morgan fingerprint density at radius 1 is 0.971 bits per heavy atom. The molecule has 5 heteroatoms. The number of hydrogen-bond acceptors (Lipinski definition) is 2. The van der Waals surface area contributed by atoms with Crippen LogP contribution in [-0.2, 0) is 17.3 Å². The molecule has 6 rings (SSSR count). The number of halogens is 1. The number of benzene rings is 3. The summed E-state index contributed by atoms with van der Waals surface area (Å²) in [4.78, 5) is 12.6. The highest BCUT2D eigenvalue weighted by Crippen LogP contribution is 2.56. The number of aryl methyl sites for hydroxylation is 1. The minimum Gasteiger partial charge on any atom is -0.480 e. The lowest BCUT2D eigenvalue weighted by molar-refractivity contribution is -0.143. The van der Waals surface area contributed by atoms with Crippen molar-refractivity contribution in [2.45, 2.75) is 36.6 Å². The zero-order valence-electron chi connectivity index (χ0n) is 19.6. The zero-order valence-corrected chi connectivity index (χ0v) is 20.3. The molecule has 4 nitrogen and oxygen atoms in total. The minimum atomic E-state index is -1.03. The quantitative estimate of drug-likeness (QED) is 0.325. The molecule has 1 aromatic heterocycles. The van der Waals surface area contributed by atoms with E-state index in [9.17, 15) is 9.90 Å². The van der Waals surface area contributed by atoms with E-state index in [2.05, 4.69) is 77.7 Å². The number of nitrogens with one attached hydrogen (secondary N) is 1. The third-order valence-electron chi connectivity index (χ3n) is 8.06. The number of allylic oxidation sites excluding steroid dienone is 1. The van der Waals surface area contributed by atoms with Crippen LogP contribution >= 0.6 is 11.6 Å². The first kappa shape index (κ1) is 22.0. The Morgan fingerprint density at radius 3 is 2.54 bits per heavy atom. The molecule has 2 aliphatic rings. The van der Waals surface area contributed by atoms with Crippen molar-refractivity contribution in [3.63, 3.8) is 0 Å². The molecule has 0 saturated heterocycles. The van der Waals surface area contributed by atoms with Crippen LogP contribution in [0.25, 0.3) is 22.6 Å². The van der Waals surface area contributed by atoms with Crippen LogP contribution in [0.2, 0.25) is 5.02 Å². The molecule has 4 aromatic rings. The number of aliphatic carboxylic acids is 1. The first-order valence-electron chi connectivity index (χ1n) is 12.0. The molecule has 1 heterocycles. The van der Waals surface area contributed by atoms with Crippen LogP contribution in [-0.4, -0.2) is 21.2 Å². The highest BCUT2D eigenvalue weighted by atomic mass is 35.5. The summed E-state index contributed by atoms with van der Waals surface area (Å²) in [5, 5.41) is 15.5. The first-order valence-corrected chi connectivity index (χ1v) is 12.4. The minimum absolute atomic E-state index is 0.200. The molecule has 0 bridgehead atoms. The third-order valence-corrected chi connectivity index (χ3v) is 8.30. The van der Waals surface area contributed by atoms with E-state index >= 15 is 0 Å². The molecule has 0 amide bonds. The fourth-order valence-electron chi connectivity index (χ4n) is 6.18. The summed E-state index contributed by atoms with van der Waals surface area (Å²) in [6, 6.07) is 24.7. The molecule has 0 atom stereocenters. The molecule has 3 aromatic carbocycles. The lowest BCUT2D eigenvalue weighted by Gasteiger charge is -2.45. The third kappa shape index (κ3) is 3.47. The second-order valence-corrected chi connectivity index (χ2v) is 10.4. The number of anilines is 1.